The molecule has 0 N–H and O–H groups in total. The van der Waals surface area contributed by atoms with E-state index in [0.29, 0.717) is 24.2 Å². The smallest absolute Gasteiger partial charge is 0.164 e. The maximum absolute atomic E-state index is 12.4. The number of fused-ring (bicyclic) bond motifs is 1. The van der Waals surface area contributed by atoms with Gasteiger partial charge in [0.25, 0.3) is 0 Å². The second-order valence-electron chi connectivity index (χ2n) is 5.62. The molecule has 0 bridgehead atoms. The Kier molecular flexibility index (Phi) is 4.03. The fourth-order valence-electron chi connectivity index (χ4n) is 3.90. The number of carbonyl (C=O) groups excluding carboxylic acids is 1. The van der Waals surface area contributed by atoms with E-state index in [-0.39, 0.29) is 5.41 Å². The number of methoxy groups -OCH3 is 1. The molecule has 0 aliphatic heterocycles. The molecule has 1 unspecified atom stereocenters. The third-order valence-electron chi connectivity index (χ3n) is 4.61. The summed E-state index contributed by atoms with van der Waals surface area (Å²) in [5.74, 6) is 1.45. The molecule has 0 aromatic heterocycles. The minimum atomic E-state index is -0.219. The molecule has 2 aliphatic rings. The van der Waals surface area contributed by atoms with Crippen molar-refractivity contribution < 1.29 is 9.53 Å². The number of ether oxygens (including phenoxy) is 1. The van der Waals surface area contributed by atoms with Crippen molar-refractivity contribution in [1.29, 1.82) is 0 Å². The molecule has 0 aromatic rings. The van der Waals surface area contributed by atoms with E-state index >= 15 is 0 Å². The number of hydrogen-bond donors (Lipinski definition) is 0. The Morgan fingerprint density at radius 3 is 2.88 bits per heavy atom. The van der Waals surface area contributed by atoms with Crippen LogP contribution in [0.5, 0.6) is 0 Å². The second kappa shape index (κ2) is 5.34. The summed E-state index contributed by atoms with van der Waals surface area (Å²) in [4.78, 5) is 12.4. The summed E-state index contributed by atoms with van der Waals surface area (Å²) >= 11 is 0. The molecule has 3 atom stereocenters. The molecule has 0 radical (unpaired) electrons. The van der Waals surface area contributed by atoms with Crippen LogP contribution >= 0.6 is 0 Å². The van der Waals surface area contributed by atoms with Crippen molar-refractivity contribution in [1.82, 2.24) is 0 Å². The number of hydrogen-bond acceptors (Lipinski definition) is 2. The van der Waals surface area contributed by atoms with Crippen molar-refractivity contribution in [3.8, 4) is 0 Å². The summed E-state index contributed by atoms with van der Waals surface area (Å²) in [6, 6.07) is 0. The van der Waals surface area contributed by atoms with Crippen LogP contribution in [0.1, 0.15) is 45.4 Å². The van der Waals surface area contributed by atoms with Crippen molar-refractivity contribution in [2.24, 2.45) is 17.3 Å². The minimum absolute atomic E-state index is 0.219. The van der Waals surface area contributed by atoms with Gasteiger partial charge in [-0.05, 0) is 37.2 Å². The van der Waals surface area contributed by atoms with Gasteiger partial charge in [-0.3, -0.25) is 4.79 Å². The number of allylic oxidation sites excluding steroid dienone is 2. The first kappa shape index (κ1) is 12.8. The zero-order valence-electron chi connectivity index (χ0n) is 11.1. The Bertz CT molecular complexity index is 300. The zero-order chi connectivity index (χ0) is 12.3. The number of carbonyl (C=O) groups is 1. The molecule has 2 rings (SSSR count). The van der Waals surface area contributed by atoms with E-state index in [9.17, 15) is 4.79 Å². The average Bonchev–Trinajstić information content (AvgIpc) is 2.35. The number of rotatable bonds is 4. The largest absolute Gasteiger partial charge is 0.384 e. The van der Waals surface area contributed by atoms with Crippen molar-refractivity contribution in [3.05, 3.63) is 12.2 Å². The lowest BCUT2D eigenvalue weighted by Gasteiger charge is -2.46. The fourth-order valence-corrected chi connectivity index (χ4v) is 3.90. The molecular weight excluding hydrogens is 212 g/mol. The molecule has 0 aromatic carbocycles. The highest BCUT2D eigenvalue weighted by atomic mass is 16.5. The molecule has 0 saturated heterocycles. The second-order valence-corrected chi connectivity index (χ2v) is 5.62. The monoisotopic (exact) mass is 236 g/mol. The maximum atomic E-state index is 12.4. The molecule has 96 valence electrons. The van der Waals surface area contributed by atoms with Gasteiger partial charge in [0.1, 0.15) is 0 Å². The first-order valence-corrected chi connectivity index (χ1v) is 6.96. The standard InChI is InChI=1S/C15H24O2/c1-3-10-15(11-17-2)13-7-5-4-6-12(13)8-9-14(15)16/h8-9,12-13H,3-7,10-11H2,1-2H3/t12-,13?,15-/m0/s1. The van der Waals surface area contributed by atoms with Gasteiger partial charge < -0.3 is 4.74 Å². The van der Waals surface area contributed by atoms with Crippen LogP contribution in [0.2, 0.25) is 0 Å². The third-order valence-corrected chi connectivity index (χ3v) is 4.61. The minimum Gasteiger partial charge on any atom is -0.384 e. The van der Waals surface area contributed by atoms with Gasteiger partial charge in [-0.2, -0.15) is 0 Å². The van der Waals surface area contributed by atoms with E-state index in [1.807, 2.05) is 6.08 Å². The SMILES string of the molecule is CCC[C@@]1(COC)C(=O)C=C[C@@H]2CCCCC21. The predicted octanol–water partition coefficient (Wildman–Crippen LogP) is 3.36. The van der Waals surface area contributed by atoms with E-state index in [4.69, 9.17) is 4.74 Å². The lowest BCUT2D eigenvalue weighted by Crippen LogP contribution is -2.48. The quantitative estimate of drug-likeness (QED) is 0.748. The molecule has 0 amide bonds. The highest BCUT2D eigenvalue weighted by molar-refractivity contribution is 5.96. The van der Waals surface area contributed by atoms with Crippen LogP contribution in [0.25, 0.3) is 0 Å². The van der Waals surface area contributed by atoms with Crippen molar-refractivity contribution in [3.63, 3.8) is 0 Å². The molecular formula is C15H24O2. The highest BCUT2D eigenvalue weighted by Crippen LogP contribution is 2.49. The predicted molar refractivity (Wildman–Crippen MR) is 68.8 cm³/mol. The van der Waals surface area contributed by atoms with Crippen LogP contribution < -0.4 is 0 Å². The Balaban J connectivity index is 2.31. The van der Waals surface area contributed by atoms with Crippen molar-refractivity contribution in [2.45, 2.75) is 45.4 Å². The van der Waals surface area contributed by atoms with E-state index in [1.54, 1.807) is 7.11 Å². The summed E-state index contributed by atoms with van der Waals surface area (Å²) in [5, 5.41) is 0. The zero-order valence-corrected chi connectivity index (χ0v) is 11.1. The Labute approximate surface area is 104 Å². The first-order valence-electron chi connectivity index (χ1n) is 6.96. The fraction of sp³-hybridized carbons (Fsp3) is 0.800. The van der Waals surface area contributed by atoms with Crippen molar-refractivity contribution in [2.75, 3.05) is 13.7 Å². The summed E-state index contributed by atoms with van der Waals surface area (Å²) in [6.07, 6.45) is 11.1. The summed E-state index contributed by atoms with van der Waals surface area (Å²) < 4.78 is 5.40. The van der Waals surface area contributed by atoms with Gasteiger partial charge in [0.15, 0.2) is 5.78 Å². The van der Waals surface area contributed by atoms with Crippen LogP contribution in [0.3, 0.4) is 0 Å². The van der Waals surface area contributed by atoms with E-state index < -0.39 is 0 Å². The van der Waals surface area contributed by atoms with Gasteiger partial charge in [-0.25, -0.2) is 0 Å². The third kappa shape index (κ3) is 2.20. The lowest BCUT2D eigenvalue weighted by molar-refractivity contribution is -0.136. The molecule has 2 heteroatoms. The Morgan fingerprint density at radius 2 is 2.18 bits per heavy atom. The van der Waals surface area contributed by atoms with Crippen LogP contribution in [-0.4, -0.2) is 19.5 Å². The van der Waals surface area contributed by atoms with E-state index in [1.165, 1.54) is 25.7 Å². The molecule has 17 heavy (non-hydrogen) atoms. The molecule has 1 saturated carbocycles. The van der Waals surface area contributed by atoms with Gasteiger partial charge in [0, 0.05) is 7.11 Å². The Hall–Kier alpha value is -0.630. The number of ketones is 1. The van der Waals surface area contributed by atoms with Gasteiger partial charge in [-0.1, -0.05) is 32.3 Å². The average molecular weight is 236 g/mol. The van der Waals surface area contributed by atoms with Crippen LogP contribution in [-0.2, 0) is 9.53 Å². The first-order chi connectivity index (χ1) is 8.24. The van der Waals surface area contributed by atoms with E-state index in [2.05, 4.69) is 13.0 Å². The van der Waals surface area contributed by atoms with Crippen molar-refractivity contribution >= 4 is 5.78 Å². The molecule has 0 heterocycles. The Morgan fingerprint density at radius 1 is 1.41 bits per heavy atom. The van der Waals surface area contributed by atoms with Crippen LogP contribution in [0, 0.1) is 17.3 Å². The van der Waals surface area contributed by atoms with Gasteiger partial charge in [0.2, 0.25) is 0 Å². The maximum Gasteiger partial charge on any atom is 0.164 e. The summed E-state index contributed by atoms with van der Waals surface area (Å²) in [5.41, 5.74) is -0.219. The van der Waals surface area contributed by atoms with Gasteiger partial charge >= 0.3 is 0 Å². The molecule has 2 nitrogen and oxygen atoms in total. The van der Waals surface area contributed by atoms with Crippen LogP contribution in [0.15, 0.2) is 12.2 Å². The molecule has 1 fully saturated rings. The molecule has 0 spiro atoms. The topological polar surface area (TPSA) is 26.3 Å². The summed E-state index contributed by atoms with van der Waals surface area (Å²) in [6.45, 7) is 2.77. The highest BCUT2D eigenvalue weighted by Gasteiger charge is 2.48. The van der Waals surface area contributed by atoms with Gasteiger partial charge in [0.05, 0.1) is 12.0 Å². The molecule has 2 aliphatic carbocycles. The normalized spacial score (nSPS) is 36.9. The lowest BCUT2D eigenvalue weighted by atomic mass is 9.58. The summed E-state index contributed by atoms with van der Waals surface area (Å²) in [7, 11) is 1.72. The van der Waals surface area contributed by atoms with Crippen LogP contribution in [0.4, 0.5) is 0 Å². The van der Waals surface area contributed by atoms with E-state index in [0.717, 1.165) is 12.8 Å². The van der Waals surface area contributed by atoms with Gasteiger partial charge in [-0.15, -0.1) is 0 Å².